The normalized spacial score (nSPS) is 23.3. The molecule has 1 aliphatic rings. The third-order valence-corrected chi connectivity index (χ3v) is 4.32. The molecule has 118 valence electrons. The largest absolute Gasteiger partial charge is 0.490 e. The van der Waals surface area contributed by atoms with E-state index in [0.717, 1.165) is 31.0 Å². The van der Waals surface area contributed by atoms with Gasteiger partial charge in [0.1, 0.15) is 6.33 Å². The maximum absolute atomic E-state index is 5.49. The molecule has 1 heterocycles. The maximum atomic E-state index is 5.49. The molecule has 1 aliphatic carbocycles. The van der Waals surface area contributed by atoms with E-state index in [-0.39, 0.29) is 11.5 Å². The number of ether oxygens (including phenoxy) is 2. The first-order valence-electron chi connectivity index (χ1n) is 7.46. The Balaban J connectivity index is 2.13. The summed E-state index contributed by atoms with van der Waals surface area (Å²) in [4.78, 5) is 8.58. The number of nitrogens with zero attached hydrogens (tertiary/aromatic N) is 2. The summed E-state index contributed by atoms with van der Waals surface area (Å²) in [5, 5.41) is 6.74. The lowest BCUT2D eigenvalue weighted by atomic mass is 9.64. The van der Waals surface area contributed by atoms with Crippen molar-refractivity contribution in [2.75, 3.05) is 31.4 Å². The Hall–Kier alpha value is -1.56. The van der Waals surface area contributed by atoms with Gasteiger partial charge in [-0.2, -0.15) is 0 Å². The molecule has 2 atom stereocenters. The van der Waals surface area contributed by atoms with Crippen LogP contribution in [0.4, 0.5) is 11.6 Å². The lowest BCUT2D eigenvalue weighted by Gasteiger charge is -2.51. The second-order valence-corrected chi connectivity index (χ2v) is 6.01. The average Bonchev–Trinajstić information content (AvgIpc) is 2.48. The highest BCUT2D eigenvalue weighted by molar-refractivity contribution is 5.64. The predicted octanol–water partition coefficient (Wildman–Crippen LogP) is 2.53. The topological polar surface area (TPSA) is 68.3 Å². The quantitative estimate of drug-likeness (QED) is 0.805. The zero-order valence-electron chi connectivity index (χ0n) is 13.6. The van der Waals surface area contributed by atoms with E-state index in [4.69, 9.17) is 9.47 Å². The summed E-state index contributed by atoms with van der Waals surface area (Å²) in [5.41, 5.74) is 0.0712. The molecule has 0 aromatic carbocycles. The van der Waals surface area contributed by atoms with Crippen LogP contribution in [-0.4, -0.2) is 42.9 Å². The molecule has 0 spiro atoms. The van der Waals surface area contributed by atoms with Crippen molar-refractivity contribution in [3.8, 4) is 5.75 Å². The zero-order valence-corrected chi connectivity index (χ0v) is 13.6. The highest BCUT2D eigenvalue weighted by Gasteiger charge is 2.49. The van der Waals surface area contributed by atoms with Gasteiger partial charge in [-0.25, -0.2) is 9.97 Å². The van der Waals surface area contributed by atoms with E-state index in [0.29, 0.717) is 11.8 Å². The Morgan fingerprint density at radius 2 is 2.00 bits per heavy atom. The summed E-state index contributed by atoms with van der Waals surface area (Å²) in [5.74, 6) is 2.14. The van der Waals surface area contributed by atoms with Crippen molar-refractivity contribution >= 4 is 11.6 Å². The second kappa shape index (κ2) is 6.47. The molecule has 0 bridgehead atoms. The van der Waals surface area contributed by atoms with Crippen LogP contribution in [0.25, 0.3) is 0 Å². The van der Waals surface area contributed by atoms with Gasteiger partial charge in [-0.3, -0.25) is 0 Å². The molecule has 0 saturated heterocycles. The minimum atomic E-state index is 0.0712. The van der Waals surface area contributed by atoms with Crippen molar-refractivity contribution in [2.24, 2.45) is 5.41 Å². The number of nitrogens with one attached hydrogen (secondary N) is 2. The Bertz CT molecular complexity index is 479. The lowest BCUT2D eigenvalue weighted by molar-refractivity contribution is -0.0796. The zero-order chi connectivity index (χ0) is 15.5. The minimum absolute atomic E-state index is 0.0712. The molecular formula is C15H26N4O2. The Kier molecular flexibility index (Phi) is 4.88. The number of methoxy groups -OCH3 is 2. The summed E-state index contributed by atoms with van der Waals surface area (Å²) >= 11 is 0. The summed E-state index contributed by atoms with van der Waals surface area (Å²) in [7, 11) is 3.41. The van der Waals surface area contributed by atoms with Gasteiger partial charge >= 0.3 is 0 Å². The second-order valence-electron chi connectivity index (χ2n) is 6.01. The van der Waals surface area contributed by atoms with Gasteiger partial charge in [0.25, 0.3) is 0 Å². The number of aromatic nitrogens is 2. The van der Waals surface area contributed by atoms with E-state index in [2.05, 4.69) is 41.4 Å². The Morgan fingerprint density at radius 3 is 2.57 bits per heavy atom. The van der Waals surface area contributed by atoms with Crippen LogP contribution in [0.1, 0.15) is 33.6 Å². The van der Waals surface area contributed by atoms with Crippen molar-refractivity contribution < 1.29 is 9.47 Å². The molecule has 0 amide bonds. The molecule has 2 N–H and O–H groups in total. The van der Waals surface area contributed by atoms with Crippen molar-refractivity contribution in [3.05, 3.63) is 6.33 Å². The summed E-state index contributed by atoms with van der Waals surface area (Å²) in [6.07, 6.45) is 3.83. The standard InChI is InChI=1S/C15H26N4O2/c1-6-7-16-13-12(21-5)14(18-9-17-13)19-10-8-11(20-4)15(10,2)3/h9-11H,6-8H2,1-5H3,(H2,16,17,18,19). The third kappa shape index (κ3) is 3.05. The molecular weight excluding hydrogens is 268 g/mol. The van der Waals surface area contributed by atoms with Crippen molar-refractivity contribution in [2.45, 2.75) is 45.8 Å². The van der Waals surface area contributed by atoms with Gasteiger partial charge in [0.05, 0.1) is 13.2 Å². The van der Waals surface area contributed by atoms with Crippen LogP contribution < -0.4 is 15.4 Å². The van der Waals surface area contributed by atoms with Crippen LogP contribution in [0.3, 0.4) is 0 Å². The Morgan fingerprint density at radius 1 is 1.29 bits per heavy atom. The van der Waals surface area contributed by atoms with Gasteiger partial charge in [-0.15, -0.1) is 0 Å². The number of anilines is 2. The van der Waals surface area contributed by atoms with E-state index in [1.54, 1.807) is 20.5 Å². The third-order valence-electron chi connectivity index (χ3n) is 4.32. The molecule has 21 heavy (non-hydrogen) atoms. The van der Waals surface area contributed by atoms with E-state index in [1.807, 2.05) is 0 Å². The van der Waals surface area contributed by atoms with Gasteiger partial charge in [-0.1, -0.05) is 20.8 Å². The summed E-state index contributed by atoms with van der Waals surface area (Å²) < 4.78 is 11.0. The lowest BCUT2D eigenvalue weighted by Crippen LogP contribution is -2.57. The average molecular weight is 294 g/mol. The number of hydrogen-bond donors (Lipinski definition) is 2. The highest BCUT2D eigenvalue weighted by Crippen LogP contribution is 2.45. The first-order chi connectivity index (χ1) is 10.0. The van der Waals surface area contributed by atoms with Crippen molar-refractivity contribution in [1.29, 1.82) is 0 Å². The molecule has 6 heteroatoms. The first-order valence-corrected chi connectivity index (χ1v) is 7.46. The molecule has 1 fully saturated rings. The number of hydrogen-bond acceptors (Lipinski definition) is 6. The maximum Gasteiger partial charge on any atom is 0.204 e. The molecule has 1 aromatic rings. The van der Waals surface area contributed by atoms with E-state index in [1.165, 1.54) is 0 Å². The van der Waals surface area contributed by atoms with Crippen LogP contribution in [0.2, 0.25) is 0 Å². The summed E-state index contributed by atoms with van der Waals surface area (Å²) in [6, 6.07) is 0.310. The fourth-order valence-electron chi connectivity index (χ4n) is 2.73. The van der Waals surface area contributed by atoms with Gasteiger partial charge in [0, 0.05) is 25.1 Å². The smallest absolute Gasteiger partial charge is 0.204 e. The summed E-state index contributed by atoms with van der Waals surface area (Å²) in [6.45, 7) is 7.37. The predicted molar refractivity (Wildman–Crippen MR) is 84.0 cm³/mol. The number of rotatable bonds is 7. The molecule has 2 unspecified atom stereocenters. The van der Waals surface area contributed by atoms with Gasteiger partial charge in [-0.05, 0) is 12.8 Å². The van der Waals surface area contributed by atoms with E-state index < -0.39 is 0 Å². The van der Waals surface area contributed by atoms with Crippen LogP contribution in [-0.2, 0) is 4.74 Å². The monoisotopic (exact) mass is 294 g/mol. The van der Waals surface area contributed by atoms with E-state index >= 15 is 0 Å². The molecule has 6 nitrogen and oxygen atoms in total. The highest BCUT2D eigenvalue weighted by atomic mass is 16.5. The van der Waals surface area contributed by atoms with Gasteiger partial charge in [0.15, 0.2) is 11.6 Å². The van der Waals surface area contributed by atoms with Gasteiger partial charge in [0.2, 0.25) is 5.75 Å². The van der Waals surface area contributed by atoms with Crippen molar-refractivity contribution in [3.63, 3.8) is 0 Å². The van der Waals surface area contributed by atoms with Crippen LogP contribution >= 0.6 is 0 Å². The fourth-order valence-corrected chi connectivity index (χ4v) is 2.73. The molecule has 1 aromatic heterocycles. The van der Waals surface area contributed by atoms with Crippen LogP contribution in [0.5, 0.6) is 5.75 Å². The van der Waals surface area contributed by atoms with Crippen LogP contribution in [0.15, 0.2) is 6.33 Å². The molecule has 0 radical (unpaired) electrons. The van der Waals surface area contributed by atoms with E-state index in [9.17, 15) is 0 Å². The molecule has 0 aliphatic heterocycles. The molecule has 1 saturated carbocycles. The molecule has 2 rings (SSSR count). The minimum Gasteiger partial charge on any atom is -0.490 e. The fraction of sp³-hybridized carbons (Fsp3) is 0.733. The SMILES string of the molecule is CCCNc1ncnc(NC2CC(OC)C2(C)C)c1OC. The van der Waals surface area contributed by atoms with Gasteiger partial charge < -0.3 is 20.1 Å². The first kappa shape index (κ1) is 15.8. The Labute approximate surface area is 126 Å². The van der Waals surface area contributed by atoms with Crippen LogP contribution in [0, 0.1) is 5.41 Å². The van der Waals surface area contributed by atoms with Crippen molar-refractivity contribution in [1.82, 2.24) is 9.97 Å².